The number of pyridine rings is 2. The zero-order chi connectivity index (χ0) is 55.4. The van der Waals surface area contributed by atoms with E-state index in [1.165, 1.54) is 49.3 Å². The average molecular weight is 1220 g/mol. The number of aromatic nitrogens is 2. The first-order valence-electron chi connectivity index (χ1n) is 24.3. The number of rotatable bonds is 9. The number of hydrogen-bond acceptors (Lipinski definition) is 9. The van der Waals surface area contributed by atoms with Crippen LogP contribution in [0.1, 0.15) is 70.2 Å². The molecule has 402 valence electrons. The minimum absolute atomic E-state index is 0.0532. The van der Waals surface area contributed by atoms with Crippen LogP contribution in [0.5, 0.6) is 0 Å². The van der Waals surface area contributed by atoms with Crippen molar-refractivity contribution >= 4 is 105 Å². The van der Waals surface area contributed by atoms with Gasteiger partial charge >= 0.3 is 0 Å². The molecule has 3 aliphatic rings. The number of Topliss-reactive ketones (excluding diaryl/α,β-unsaturated/α-hetero) is 1. The third-order valence-corrected chi connectivity index (χ3v) is 20.6. The quantitative estimate of drug-likeness (QED) is 0.137. The Labute approximate surface area is 484 Å². The molecule has 1 fully saturated rings. The van der Waals surface area contributed by atoms with Crippen molar-refractivity contribution in [1.29, 1.82) is 0 Å². The van der Waals surface area contributed by atoms with Crippen LogP contribution in [0.4, 0.5) is 0 Å². The Balaban J connectivity index is 0.000000143. The van der Waals surface area contributed by atoms with Gasteiger partial charge in [-0.3, -0.25) is 14.8 Å². The number of carbonyl (C=O) groups is 1. The van der Waals surface area contributed by atoms with Gasteiger partial charge in [-0.05, 0) is 149 Å². The standard InChI is InChI=1S/2C20H16Cl2N2O2S.C17H15Cl2NO3S/c21-15-5-3-14(4-6-15)20-18-2-1-12-23-19(18)11-13-24(20)27(25,26)17-9-7-16(22)8-10-17;21-16-5-3-14(4-6-16)20-12-19-15(2-1-11-23-19)13-24(20)27(25,26)18-9-7-17(22)8-10-18;18-13-3-1-12(2-4-13)17-11-15(21)9-10-20(17)24(22,23)16-7-5-14(19)6-8-16/h1-10,12,20H,11,13H2;1-11,20H,12-13H2;1-8,17H,9-11H2. The van der Waals surface area contributed by atoms with Gasteiger partial charge in [0.1, 0.15) is 5.78 Å². The highest BCUT2D eigenvalue weighted by molar-refractivity contribution is 7.89. The molecule has 5 heterocycles. The van der Waals surface area contributed by atoms with E-state index in [9.17, 15) is 30.0 Å². The van der Waals surface area contributed by atoms with Crippen molar-refractivity contribution in [2.75, 3.05) is 13.1 Å². The first-order valence-corrected chi connectivity index (χ1v) is 30.9. The molecule has 3 aliphatic heterocycles. The van der Waals surface area contributed by atoms with Gasteiger partial charge < -0.3 is 0 Å². The van der Waals surface area contributed by atoms with Gasteiger partial charge in [0.2, 0.25) is 30.1 Å². The van der Waals surface area contributed by atoms with E-state index in [1.807, 2.05) is 48.5 Å². The fraction of sp³-hybridized carbons (Fsp3) is 0.175. The second kappa shape index (κ2) is 24.6. The molecule has 3 unspecified atom stereocenters. The van der Waals surface area contributed by atoms with Crippen molar-refractivity contribution in [1.82, 2.24) is 22.9 Å². The van der Waals surface area contributed by atoms with Crippen LogP contribution >= 0.6 is 69.6 Å². The lowest BCUT2D eigenvalue weighted by molar-refractivity contribution is -0.121. The fourth-order valence-corrected chi connectivity index (χ4v) is 15.1. The number of piperidine rings is 1. The van der Waals surface area contributed by atoms with E-state index in [-0.39, 0.29) is 52.4 Å². The van der Waals surface area contributed by atoms with Crippen molar-refractivity contribution in [3.8, 4) is 0 Å². The van der Waals surface area contributed by atoms with E-state index in [4.69, 9.17) is 69.6 Å². The molecule has 6 aromatic carbocycles. The second-order valence-electron chi connectivity index (χ2n) is 18.3. The summed E-state index contributed by atoms with van der Waals surface area (Å²) in [5, 5.41) is 3.24. The molecule has 78 heavy (non-hydrogen) atoms. The number of nitrogens with zero attached hydrogens (tertiary/aromatic N) is 5. The van der Waals surface area contributed by atoms with Gasteiger partial charge in [-0.15, -0.1) is 0 Å². The maximum absolute atomic E-state index is 13.4. The van der Waals surface area contributed by atoms with Gasteiger partial charge in [-0.2, -0.15) is 12.9 Å². The molecule has 11 rings (SSSR count). The highest BCUT2D eigenvalue weighted by Gasteiger charge is 2.40. The number of halogens is 6. The van der Waals surface area contributed by atoms with E-state index < -0.39 is 42.2 Å². The fourth-order valence-electron chi connectivity index (χ4n) is 9.53. The molecule has 2 aromatic heterocycles. The molecule has 0 amide bonds. The van der Waals surface area contributed by atoms with Crippen molar-refractivity contribution in [3.05, 3.63) is 252 Å². The largest absolute Gasteiger partial charge is 0.300 e. The van der Waals surface area contributed by atoms with Crippen LogP contribution < -0.4 is 0 Å². The third kappa shape index (κ3) is 13.0. The molecule has 0 radical (unpaired) electrons. The molecule has 21 heteroatoms. The summed E-state index contributed by atoms with van der Waals surface area (Å²) in [4.78, 5) is 21.4. The molecule has 0 N–H and O–H groups in total. The molecule has 0 spiro atoms. The number of ketones is 1. The van der Waals surface area contributed by atoms with Crippen LogP contribution in [-0.2, 0) is 54.3 Å². The zero-order valence-corrected chi connectivity index (χ0v) is 48.1. The third-order valence-electron chi connectivity index (χ3n) is 13.5. The summed E-state index contributed by atoms with van der Waals surface area (Å²) in [5.41, 5.74) is 6.13. The van der Waals surface area contributed by atoms with Crippen LogP contribution in [0, 0.1) is 0 Å². The number of sulfonamides is 3. The topological polar surface area (TPSA) is 155 Å². The molecule has 0 bridgehead atoms. The highest BCUT2D eigenvalue weighted by Crippen LogP contribution is 2.40. The molecule has 3 atom stereocenters. The lowest BCUT2D eigenvalue weighted by atomic mass is 9.93. The zero-order valence-electron chi connectivity index (χ0n) is 41.1. The summed E-state index contributed by atoms with van der Waals surface area (Å²) in [6.45, 7) is 0.779. The Morgan fingerprint density at radius 1 is 0.397 bits per heavy atom. The van der Waals surface area contributed by atoms with E-state index in [0.717, 1.165) is 39.2 Å². The van der Waals surface area contributed by atoms with Gasteiger partial charge in [0.25, 0.3) is 0 Å². The number of carbonyl (C=O) groups excluding carboxylic acids is 1. The Morgan fingerprint density at radius 3 is 1.24 bits per heavy atom. The van der Waals surface area contributed by atoms with Crippen LogP contribution in [0.3, 0.4) is 0 Å². The van der Waals surface area contributed by atoms with Crippen LogP contribution in [0.15, 0.2) is 197 Å². The van der Waals surface area contributed by atoms with E-state index in [0.29, 0.717) is 49.5 Å². The maximum atomic E-state index is 13.4. The summed E-state index contributed by atoms with van der Waals surface area (Å²) < 4.78 is 84.0. The minimum Gasteiger partial charge on any atom is -0.300 e. The van der Waals surface area contributed by atoms with Gasteiger partial charge in [0.15, 0.2) is 0 Å². The van der Waals surface area contributed by atoms with E-state index in [2.05, 4.69) is 9.97 Å². The number of fused-ring (bicyclic) bond motifs is 2. The Bertz CT molecular complexity index is 3700. The second-order valence-corrected chi connectivity index (χ2v) is 26.6. The summed E-state index contributed by atoms with van der Waals surface area (Å²) in [6.07, 6.45) is 4.92. The van der Waals surface area contributed by atoms with Crippen LogP contribution in [0.2, 0.25) is 30.1 Å². The Kier molecular flexibility index (Phi) is 18.1. The first kappa shape index (κ1) is 57.4. The number of hydrogen-bond donors (Lipinski definition) is 0. The molecule has 12 nitrogen and oxygen atoms in total. The van der Waals surface area contributed by atoms with Crippen molar-refractivity contribution < 1.29 is 30.0 Å². The van der Waals surface area contributed by atoms with Crippen LogP contribution in [-0.4, -0.2) is 67.0 Å². The number of benzene rings is 6. The predicted octanol–water partition coefficient (Wildman–Crippen LogP) is 13.7. The van der Waals surface area contributed by atoms with Crippen LogP contribution in [0.25, 0.3) is 0 Å². The summed E-state index contributed by atoms with van der Waals surface area (Å²) in [6, 6.07) is 46.2. The SMILES string of the molecule is O=C1CCN(S(=O)(=O)c2ccc(Cl)cc2)C(c2ccc(Cl)cc2)C1.O=S(=O)(c1ccc(Cl)cc1)N1CCc2ncccc2C1c1ccc(Cl)cc1.O=S(=O)(c1ccc(Cl)cc1)N1Cc2cccnc2CC1c1ccc(Cl)cc1. The van der Waals surface area contributed by atoms with E-state index in [1.54, 1.807) is 97.3 Å². The van der Waals surface area contributed by atoms with Gasteiger partial charge in [0.05, 0.1) is 32.8 Å². The smallest absolute Gasteiger partial charge is 0.243 e. The van der Waals surface area contributed by atoms with Gasteiger partial charge in [-0.25, -0.2) is 25.3 Å². The lowest BCUT2D eigenvalue weighted by Crippen LogP contribution is -2.41. The highest BCUT2D eigenvalue weighted by atomic mass is 35.5. The van der Waals surface area contributed by atoms with Gasteiger partial charge in [0, 0.05) is 99.2 Å². The normalized spacial score (nSPS) is 18.1. The lowest BCUT2D eigenvalue weighted by Gasteiger charge is -2.36. The summed E-state index contributed by atoms with van der Waals surface area (Å²) in [7, 11) is -11.2. The molecule has 1 saturated heterocycles. The summed E-state index contributed by atoms with van der Waals surface area (Å²) in [5.74, 6) is 0.0532. The molecule has 0 aliphatic carbocycles. The average Bonchev–Trinajstić information content (AvgIpc) is 3.51. The maximum Gasteiger partial charge on any atom is 0.243 e. The van der Waals surface area contributed by atoms with Crippen molar-refractivity contribution in [2.24, 2.45) is 0 Å². The predicted molar refractivity (Wildman–Crippen MR) is 307 cm³/mol. The van der Waals surface area contributed by atoms with Gasteiger partial charge in [-0.1, -0.05) is 118 Å². The summed E-state index contributed by atoms with van der Waals surface area (Å²) >= 11 is 35.6. The molecular weight excluding hydrogens is 1180 g/mol. The van der Waals surface area contributed by atoms with E-state index >= 15 is 0 Å². The van der Waals surface area contributed by atoms with Crippen molar-refractivity contribution in [3.63, 3.8) is 0 Å². The Morgan fingerprint density at radius 2 is 0.769 bits per heavy atom. The molecule has 8 aromatic rings. The Hall–Kier alpha value is -5.24. The molecule has 0 saturated carbocycles. The monoisotopic (exact) mass is 1220 g/mol. The minimum atomic E-state index is -3.72. The molecular formula is C57H47Cl6N5O7S3. The first-order chi connectivity index (χ1) is 37.3. The van der Waals surface area contributed by atoms with Crippen molar-refractivity contribution in [2.45, 2.75) is 65.0 Å².